The average molecular weight is 285 g/mol. The Morgan fingerprint density at radius 2 is 1.90 bits per heavy atom. The van der Waals surface area contributed by atoms with E-state index in [1.165, 1.54) is 60.1 Å². The van der Waals surface area contributed by atoms with E-state index in [4.69, 9.17) is 0 Å². The molecular weight excluding hydrogens is 258 g/mol. The van der Waals surface area contributed by atoms with Gasteiger partial charge in [0.25, 0.3) is 0 Å². The van der Waals surface area contributed by atoms with Gasteiger partial charge >= 0.3 is 0 Å². The lowest BCUT2D eigenvalue weighted by molar-refractivity contribution is 0.238. The van der Waals surface area contributed by atoms with Crippen molar-refractivity contribution in [2.45, 2.75) is 26.7 Å². The SMILES string of the molecule is Cc1cc(C)c2c(CCCN3CCNCC3)cn(C)c2c1. The minimum Gasteiger partial charge on any atom is -0.350 e. The van der Waals surface area contributed by atoms with Gasteiger partial charge in [-0.2, -0.15) is 0 Å². The number of nitrogens with one attached hydrogen (secondary N) is 1. The highest BCUT2D eigenvalue weighted by molar-refractivity contribution is 5.87. The van der Waals surface area contributed by atoms with Crippen LogP contribution in [0.4, 0.5) is 0 Å². The summed E-state index contributed by atoms with van der Waals surface area (Å²) in [5.41, 5.74) is 5.67. The largest absolute Gasteiger partial charge is 0.350 e. The zero-order valence-corrected chi connectivity index (χ0v) is 13.6. The van der Waals surface area contributed by atoms with Crippen molar-refractivity contribution in [1.82, 2.24) is 14.8 Å². The Hall–Kier alpha value is -1.32. The Balaban J connectivity index is 1.72. The van der Waals surface area contributed by atoms with Gasteiger partial charge in [-0.1, -0.05) is 6.07 Å². The third-order valence-corrected chi connectivity index (χ3v) is 4.64. The topological polar surface area (TPSA) is 20.2 Å². The predicted octanol–water partition coefficient (Wildman–Crippen LogP) is 2.63. The number of fused-ring (bicyclic) bond motifs is 1. The summed E-state index contributed by atoms with van der Waals surface area (Å²) in [6.45, 7) is 10.3. The molecule has 0 amide bonds. The Morgan fingerprint density at radius 3 is 2.67 bits per heavy atom. The van der Waals surface area contributed by atoms with E-state index >= 15 is 0 Å². The van der Waals surface area contributed by atoms with Crippen LogP contribution in [-0.4, -0.2) is 42.2 Å². The Labute approximate surface area is 127 Å². The number of aromatic nitrogens is 1. The maximum Gasteiger partial charge on any atom is 0.0485 e. The second-order valence-electron chi connectivity index (χ2n) is 6.44. The van der Waals surface area contributed by atoms with Crippen LogP contribution in [0, 0.1) is 13.8 Å². The van der Waals surface area contributed by atoms with Gasteiger partial charge in [0, 0.05) is 50.3 Å². The van der Waals surface area contributed by atoms with Crippen LogP contribution >= 0.6 is 0 Å². The second kappa shape index (κ2) is 6.20. The molecule has 1 aromatic heterocycles. The lowest BCUT2D eigenvalue weighted by atomic mass is 10.0. The average Bonchev–Trinajstić information content (AvgIpc) is 2.77. The second-order valence-corrected chi connectivity index (χ2v) is 6.44. The van der Waals surface area contributed by atoms with Crippen LogP contribution < -0.4 is 5.32 Å². The summed E-state index contributed by atoms with van der Waals surface area (Å²) in [6.07, 6.45) is 4.77. The van der Waals surface area contributed by atoms with E-state index in [1.807, 2.05) is 0 Å². The van der Waals surface area contributed by atoms with Gasteiger partial charge in [0.2, 0.25) is 0 Å². The highest BCUT2D eigenvalue weighted by atomic mass is 15.2. The molecule has 1 aromatic carbocycles. The molecule has 2 aromatic rings. The van der Waals surface area contributed by atoms with Crippen LogP contribution in [0.25, 0.3) is 10.9 Å². The van der Waals surface area contributed by atoms with E-state index in [-0.39, 0.29) is 0 Å². The highest BCUT2D eigenvalue weighted by Crippen LogP contribution is 2.26. The zero-order chi connectivity index (χ0) is 14.8. The molecule has 3 heteroatoms. The normalized spacial score (nSPS) is 16.7. The summed E-state index contributed by atoms with van der Waals surface area (Å²) in [5.74, 6) is 0. The van der Waals surface area contributed by atoms with Gasteiger partial charge in [0.1, 0.15) is 0 Å². The van der Waals surface area contributed by atoms with Gasteiger partial charge in [-0.25, -0.2) is 0 Å². The smallest absolute Gasteiger partial charge is 0.0485 e. The Morgan fingerprint density at radius 1 is 1.14 bits per heavy atom. The fourth-order valence-electron chi connectivity index (χ4n) is 3.63. The predicted molar refractivity (Wildman–Crippen MR) is 90.0 cm³/mol. The fourth-order valence-corrected chi connectivity index (χ4v) is 3.63. The third kappa shape index (κ3) is 3.14. The summed E-state index contributed by atoms with van der Waals surface area (Å²) < 4.78 is 2.29. The van der Waals surface area contributed by atoms with E-state index in [9.17, 15) is 0 Å². The van der Waals surface area contributed by atoms with E-state index in [0.29, 0.717) is 0 Å². The van der Waals surface area contributed by atoms with Crippen LogP contribution in [0.5, 0.6) is 0 Å². The summed E-state index contributed by atoms with van der Waals surface area (Å²) in [4.78, 5) is 2.58. The van der Waals surface area contributed by atoms with Crippen molar-refractivity contribution in [2.75, 3.05) is 32.7 Å². The first kappa shape index (κ1) is 14.6. The van der Waals surface area contributed by atoms with Crippen LogP contribution in [0.1, 0.15) is 23.1 Å². The lowest BCUT2D eigenvalue weighted by Crippen LogP contribution is -2.43. The van der Waals surface area contributed by atoms with Gasteiger partial charge in [0.15, 0.2) is 0 Å². The zero-order valence-electron chi connectivity index (χ0n) is 13.6. The third-order valence-electron chi connectivity index (χ3n) is 4.64. The highest BCUT2D eigenvalue weighted by Gasteiger charge is 2.12. The molecule has 0 unspecified atom stereocenters. The number of rotatable bonds is 4. The molecule has 3 rings (SSSR count). The molecule has 0 bridgehead atoms. The monoisotopic (exact) mass is 285 g/mol. The number of benzene rings is 1. The fraction of sp³-hybridized carbons (Fsp3) is 0.556. The van der Waals surface area contributed by atoms with E-state index in [0.717, 1.165) is 13.1 Å². The molecule has 1 fully saturated rings. The molecule has 0 radical (unpaired) electrons. The summed E-state index contributed by atoms with van der Waals surface area (Å²) >= 11 is 0. The summed E-state index contributed by atoms with van der Waals surface area (Å²) in [7, 11) is 2.17. The molecule has 21 heavy (non-hydrogen) atoms. The number of nitrogens with zero attached hydrogens (tertiary/aromatic N) is 2. The van der Waals surface area contributed by atoms with Crippen LogP contribution in [0.3, 0.4) is 0 Å². The molecule has 0 atom stereocenters. The standard InChI is InChI=1S/C18H27N3/c1-14-11-15(2)18-16(13-20(3)17(18)12-14)5-4-8-21-9-6-19-7-10-21/h11-13,19H,4-10H2,1-3H3. The van der Waals surface area contributed by atoms with Crippen LogP contribution in [-0.2, 0) is 13.5 Å². The quantitative estimate of drug-likeness (QED) is 0.932. The van der Waals surface area contributed by atoms with Crippen molar-refractivity contribution in [3.8, 4) is 0 Å². The van der Waals surface area contributed by atoms with Gasteiger partial charge in [0.05, 0.1) is 0 Å². The van der Waals surface area contributed by atoms with E-state index in [1.54, 1.807) is 0 Å². The van der Waals surface area contributed by atoms with Gasteiger partial charge < -0.3 is 14.8 Å². The summed E-state index contributed by atoms with van der Waals surface area (Å²) in [5, 5.41) is 4.89. The lowest BCUT2D eigenvalue weighted by Gasteiger charge is -2.27. The Kier molecular flexibility index (Phi) is 4.32. The molecule has 0 aliphatic carbocycles. The Bertz CT molecular complexity index is 621. The molecule has 1 aliphatic heterocycles. The first-order chi connectivity index (χ1) is 10.1. The molecule has 114 valence electrons. The number of piperazine rings is 1. The summed E-state index contributed by atoms with van der Waals surface area (Å²) in [6, 6.07) is 4.62. The van der Waals surface area contributed by atoms with E-state index in [2.05, 4.69) is 54.0 Å². The molecule has 0 spiro atoms. The molecule has 3 nitrogen and oxygen atoms in total. The van der Waals surface area contributed by atoms with Crippen molar-refractivity contribution in [3.63, 3.8) is 0 Å². The molecule has 1 N–H and O–H groups in total. The van der Waals surface area contributed by atoms with Crippen molar-refractivity contribution in [3.05, 3.63) is 35.0 Å². The van der Waals surface area contributed by atoms with Crippen molar-refractivity contribution < 1.29 is 0 Å². The molecular formula is C18H27N3. The maximum absolute atomic E-state index is 3.42. The number of hydrogen-bond donors (Lipinski definition) is 1. The number of hydrogen-bond acceptors (Lipinski definition) is 2. The van der Waals surface area contributed by atoms with Crippen molar-refractivity contribution >= 4 is 10.9 Å². The maximum atomic E-state index is 3.42. The number of aryl methyl sites for hydroxylation is 4. The van der Waals surface area contributed by atoms with E-state index < -0.39 is 0 Å². The van der Waals surface area contributed by atoms with Gasteiger partial charge in [-0.3, -0.25) is 0 Å². The van der Waals surface area contributed by atoms with Gasteiger partial charge in [-0.05, 0) is 56.0 Å². The molecule has 1 aliphatic rings. The van der Waals surface area contributed by atoms with Crippen molar-refractivity contribution in [1.29, 1.82) is 0 Å². The molecule has 2 heterocycles. The first-order valence-electron chi connectivity index (χ1n) is 8.13. The first-order valence-corrected chi connectivity index (χ1v) is 8.13. The van der Waals surface area contributed by atoms with Crippen LogP contribution in [0.2, 0.25) is 0 Å². The minimum atomic E-state index is 1.15. The minimum absolute atomic E-state index is 1.15. The molecule has 1 saturated heterocycles. The molecule has 0 saturated carbocycles. The van der Waals surface area contributed by atoms with Crippen LogP contribution in [0.15, 0.2) is 18.3 Å². The van der Waals surface area contributed by atoms with Crippen molar-refractivity contribution in [2.24, 2.45) is 7.05 Å². The van der Waals surface area contributed by atoms with Gasteiger partial charge in [-0.15, -0.1) is 0 Å².